The Labute approximate surface area is 198 Å². The number of hydrogen-bond donors (Lipinski definition) is 0. The van der Waals surface area contributed by atoms with Crippen molar-refractivity contribution in [3.8, 4) is 5.88 Å². The molecule has 0 aromatic carbocycles. The lowest BCUT2D eigenvalue weighted by Crippen LogP contribution is -2.66. The van der Waals surface area contributed by atoms with Crippen molar-refractivity contribution in [2.45, 2.75) is 89.6 Å². The molecule has 3 atom stereocenters. The van der Waals surface area contributed by atoms with Gasteiger partial charge in [0.2, 0.25) is 5.78 Å². The fourth-order valence-electron chi connectivity index (χ4n) is 5.07. The largest absolute Gasteiger partial charge is 0.475 e. The van der Waals surface area contributed by atoms with Crippen molar-refractivity contribution in [2.24, 2.45) is 5.92 Å². The number of carbonyl (C=O) groups excluding carboxylic acids is 2. The molecule has 1 aliphatic heterocycles. The molecule has 182 valence electrons. The molecule has 1 aromatic heterocycles. The summed E-state index contributed by atoms with van der Waals surface area (Å²) >= 11 is 0. The number of unbranched alkanes of at least 4 members (excludes halogenated alkanes) is 1. The summed E-state index contributed by atoms with van der Waals surface area (Å²) in [5, 5.41) is 4.02. The molecule has 33 heavy (non-hydrogen) atoms. The van der Waals surface area contributed by atoms with Gasteiger partial charge in [-0.2, -0.15) is 0 Å². The van der Waals surface area contributed by atoms with Gasteiger partial charge in [0.05, 0.1) is 12.6 Å². The number of Topliss-reactive ketones (excluding diaryl/α,β-unsaturated/α-hetero) is 1. The van der Waals surface area contributed by atoms with Crippen LogP contribution in [-0.2, 0) is 9.22 Å². The number of carbonyl (C=O) groups is 2. The predicted molar refractivity (Wildman–Crippen MR) is 128 cm³/mol. The molecule has 2 heterocycles. The van der Waals surface area contributed by atoms with Gasteiger partial charge >= 0.3 is 0 Å². The number of ether oxygens (including phenoxy) is 1. The molecule has 8 heteroatoms. The van der Waals surface area contributed by atoms with Gasteiger partial charge in [-0.25, -0.2) is 0 Å². The molecule has 0 spiro atoms. The van der Waals surface area contributed by atoms with E-state index in [0.29, 0.717) is 24.4 Å². The van der Waals surface area contributed by atoms with Crippen LogP contribution >= 0.6 is 0 Å². The lowest BCUT2D eigenvalue weighted by atomic mass is 9.65. The third-order valence-electron chi connectivity index (χ3n) is 7.94. The van der Waals surface area contributed by atoms with Crippen LogP contribution in [0.2, 0.25) is 18.1 Å². The van der Waals surface area contributed by atoms with Gasteiger partial charge in [0.25, 0.3) is 5.88 Å². The van der Waals surface area contributed by atoms with Crippen LogP contribution in [-0.4, -0.2) is 55.2 Å². The highest BCUT2D eigenvalue weighted by molar-refractivity contribution is 6.74. The maximum absolute atomic E-state index is 14.3. The first kappa shape index (κ1) is 24.4. The van der Waals surface area contributed by atoms with Crippen molar-refractivity contribution in [3.05, 3.63) is 23.5 Å². The number of rotatable bonds is 7. The van der Waals surface area contributed by atoms with Gasteiger partial charge in [-0.3, -0.25) is 14.5 Å². The van der Waals surface area contributed by atoms with E-state index in [1.54, 1.807) is 6.08 Å². The molecule has 1 unspecified atom stereocenters. The zero-order valence-corrected chi connectivity index (χ0v) is 21.9. The van der Waals surface area contributed by atoms with Crippen molar-refractivity contribution >= 4 is 19.9 Å². The number of fused-ring (bicyclic) bond motifs is 2. The highest BCUT2D eigenvalue weighted by Gasteiger charge is 2.65. The van der Waals surface area contributed by atoms with E-state index >= 15 is 0 Å². The molecule has 0 bridgehead atoms. The Bertz CT molecular complexity index is 941. The van der Waals surface area contributed by atoms with E-state index in [0.717, 1.165) is 38.8 Å². The summed E-state index contributed by atoms with van der Waals surface area (Å²) in [6.07, 6.45) is 7.99. The minimum Gasteiger partial charge on any atom is -0.475 e. The number of likely N-dealkylation sites (tertiary alicyclic amines) is 1. The molecule has 1 fully saturated rings. The van der Waals surface area contributed by atoms with Crippen LogP contribution in [0.25, 0.3) is 0 Å². The van der Waals surface area contributed by atoms with Gasteiger partial charge in [0.1, 0.15) is 5.56 Å². The SMILES string of the molecule is CCCCOc1noc2c1C(=O)[C@@]1(O[Si](C)(C)C(C)(C)C)C(=O)C=CCC1[C@@H]2N1CCCC1. The lowest BCUT2D eigenvalue weighted by molar-refractivity contribution is -0.135. The highest BCUT2D eigenvalue weighted by Crippen LogP contribution is 2.54. The third-order valence-corrected chi connectivity index (χ3v) is 12.4. The van der Waals surface area contributed by atoms with Crippen LogP contribution in [0.15, 0.2) is 16.7 Å². The number of ketones is 2. The Hall–Kier alpha value is -1.77. The van der Waals surface area contributed by atoms with Crippen molar-refractivity contribution < 1.29 is 23.3 Å². The summed E-state index contributed by atoms with van der Waals surface area (Å²) < 4.78 is 18.6. The van der Waals surface area contributed by atoms with E-state index in [9.17, 15) is 9.59 Å². The molecule has 7 nitrogen and oxygen atoms in total. The van der Waals surface area contributed by atoms with E-state index in [-0.39, 0.29) is 34.4 Å². The highest BCUT2D eigenvalue weighted by atomic mass is 28.4. The summed E-state index contributed by atoms with van der Waals surface area (Å²) in [5.41, 5.74) is -1.26. The molecule has 3 aliphatic rings. The van der Waals surface area contributed by atoms with Crippen LogP contribution in [0.4, 0.5) is 0 Å². The average Bonchev–Trinajstić information content (AvgIpc) is 3.40. The first-order valence-electron chi connectivity index (χ1n) is 12.4. The quantitative estimate of drug-likeness (QED) is 0.309. The fourth-order valence-corrected chi connectivity index (χ4v) is 6.53. The molecule has 0 saturated carbocycles. The van der Waals surface area contributed by atoms with Crippen LogP contribution in [0.3, 0.4) is 0 Å². The Morgan fingerprint density at radius 3 is 2.58 bits per heavy atom. The topological polar surface area (TPSA) is 81.9 Å². The second-order valence-electron chi connectivity index (χ2n) is 11.2. The summed E-state index contributed by atoms with van der Waals surface area (Å²) in [5.74, 6) is -0.213. The second kappa shape index (κ2) is 8.78. The third kappa shape index (κ3) is 3.94. The van der Waals surface area contributed by atoms with Crippen molar-refractivity contribution in [1.29, 1.82) is 0 Å². The van der Waals surface area contributed by atoms with E-state index in [2.05, 4.69) is 50.8 Å². The average molecular weight is 475 g/mol. The smallest absolute Gasteiger partial charge is 0.265 e. The zero-order chi connectivity index (χ0) is 24.0. The molecule has 1 aromatic rings. The molecule has 0 amide bonds. The van der Waals surface area contributed by atoms with Gasteiger partial charge in [0, 0.05) is 5.92 Å². The van der Waals surface area contributed by atoms with Gasteiger partial charge < -0.3 is 13.7 Å². The first-order chi connectivity index (χ1) is 15.5. The van der Waals surface area contributed by atoms with Crippen LogP contribution in [0, 0.1) is 5.92 Å². The first-order valence-corrected chi connectivity index (χ1v) is 15.3. The van der Waals surface area contributed by atoms with Crippen LogP contribution < -0.4 is 4.74 Å². The van der Waals surface area contributed by atoms with Crippen molar-refractivity contribution in [2.75, 3.05) is 19.7 Å². The van der Waals surface area contributed by atoms with E-state index < -0.39 is 13.9 Å². The molecule has 4 rings (SSSR count). The van der Waals surface area contributed by atoms with Gasteiger partial charge in [-0.05, 0) is 68.1 Å². The number of allylic oxidation sites excluding steroid dienone is 1. The van der Waals surface area contributed by atoms with Gasteiger partial charge in [-0.15, -0.1) is 0 Å². The molecule has 0 N–H and O–H groups in total. The second-order valence-corrected chi connectivity index (χ2v) is 15.9. The molecule has 1 saturated heterocycles. The molecule has 2 aliphatic carbocycles. The van der Waals surface area contributed by atoms with E-state index in [1.165, 1.54) is 0 Å². The minimum absolute atomic E-state index is 0.160. The Morgan fingerprint density at radius 1 is 1.24 bits per heavy atom. The Balaban J connectivity index is 1.88. The Morgan fingerprint density at radius 2 is 1.94 bits per heavy atom. The van der Waals surface area contributed by atoms with Crippen LogP contribution in [0.1, 0.15) is 82.0 Å². The summed E-state index contributed by atoms with van der Waals surface area (Å²) in [6.45, 7) is 14.9. The maximum Gasteiger partial charge on any atom is 0.265 e. The van der Waals surface area contributed by atoms with Crippen molar-refractivity contribution in [3.63, 3.8) is 0 Å². The van der Waals surface area contributed by atoms with Crippen LogP contribution in [0.5, 0.6) is 5.88 Å². The summed E-state index contributed by atoms with van der Waals surface area (Å²) in [4.78, 5) is 30.4. The zero-order valence-electron chi connectivity index (χ0n) is 20.9. The Kier molecular flexibility index (Phi) is 6.48. The van der Waals surface area contributed by atoms with Gasteiger partial charge in [0.15, 0.2) is 25.5 Å². The van der Waals surface area contributed by atoms with Gasteiger partial charge in [-0.1, -0.05) is 40.2 Å². The number of hydrogen-bond acceptors (Lipinski definition) is 7. The van der Waals surface area contributed by atoms with E-state index in [1.807, 2.05) is 6.08 Å². The molecule has 0 radical (unpaired) electrons. The summed E-state index contributed by atoms with van der Waals surface area (Å²) in [7, 11) is -2.50. The molecular formula is C25H38N2O5Si. The van der Waals surface area contributed by atoms with E-state index in [4.69, 9.17) is 13.7 Å². The van der Waals surface area contributed by atoms with Crippen molar-refractivity contribution in [1.82, 2.24) is 10.1 Å². The standard InChI is InChI=1S/C25H38N2O5Si/c1-7-8-16-30-23-19-21(31-26-23)20(27-14-9-10-15-27)17-12-11-13-18(28)25(17,22(19)29)32-33(5,6)24(2,3)4/h11,13,17,20H,7-10,12,14-16H2,1-6H3/t17?,20-,25-/m0/s1. The number of aromatic nitrogens is 1. The predicted octanol–water partition coefficient (Wildman–Crippen LogP) is 5.09. The number of nitrogens with zero attached hydrogens (tertiary/aromatic N) is 2. The normalized spacial score (nSPS) is 28.2. The molecular weight excluding hydrogens is 436 g/mol. The maximum atomic E-state index is 14.3. The lowest BCUT2D eigenvalue weighted by Gasteiger charge is -2.52. The minimum atomic E-state index is -2.50. The fraction of sp³-hybridized carbons (Fsp3) is 0.720. The summed E-state index contributed by atoms with van der Waals surface area (Å²) in [6, 6.07) is -0.241. The monoisotopic (exact) mass is 474 g/mol.